The minimum atomic E-state index is -0.974. The van der Waals surface area contributed by atoms with Gasteiger partial charge in [-0.05, 0) is 51.0 Å². The number of hydrogen-bond acceptors (Lipinski definition) is 6. The summed E-state index contributed by atoms with van der Waals surface area (Å²) in [6, 6.07) is 3.87. The van der Waals surface area contributed by atoms with Gasteiger partial charge in [0.2, 0.25) is 5.95 Å². The van der Waals surface area contributed by atoms with E-state index in [9.17, 15) is 9.90 Å². The van der Waals surface area contributed by atoms with Gasteiger partial charge in [0.05, 0.1) is 0 Å². The first-order valence-corrected chi connectivity index (χ1v) is 10.4. The molecule has 1 amide bonds. The number of aromatic nitrogens is 4. The fourth-order valence-electron chi connectivity index (χ4n) is 4.11. The fourth-order valence-corrected chi connectivity index (χ4v) is 4.11. The zero-order valence-corrected chi connectivity index (χ0v) is 17.0. The molecule has 156 valence electrons. The quantitative estimate of drug-likeness (QED) is 0.563. The Morgan fingerprint density at radius 1 is 1.38 bits per heavy atom. The van der Waals surface area contributed by atoms with Crippen LogP contribution in [-0.4, -0.2) is 50.0 Å². The lowest BCUT2D eigenvalue weighted by molar-refractivity contribution is 0.151. The molecule has 0 bridgehead atoms. The van der Waals surface area contributed by atoms with Crippen LogP contribution in [0.25, 0.3) is 0 Å². The van der Waals surface area contributed by atoms with Crippen LogP contribution in [0.2, 0.25) is 0 Å². The van der Waals surface area contributed by atoms with E-state index in [0.29, 0.717) is 17.7 Å². The first-order chi connectivity index (χ1) is 14.0. The van der Waals surface area contributed by atoms with Gasteiger partial charge in [-0.25, -0.2) is 9.78 Å². The standard InChI is InChI=1S/C20H29N7O2/c1-3-20(2,24-19(28)29)14-5-4-10-27(12-14)18-21-9-8-16(23-18)22-17-11-15(25-26-17)13-6-7-13/h8-9,11,13-14,24H,3-7,10,12H2,1-2H3,(H,28,29)(H2,21,22,23,25,26). The summed E-state index contributed by atoms with van der Waals surface area (Å²) in [4.78, 5) is 22.6. The van der Waals surface area contributed by atoms with Gasteiger partial charge in [-0.2, -0.15) is 10.1 Å². The number of amides is 1. The first kappa shape index (κ1) is 19.5. The summed E-state index contributed by atoms with van der Waals surface area (Å²) in [5, 5.41) is 22.6. The van der Waals surface area contributed by atoms with Gasteiger partial charge < -0.3 is 20.6 Å². The molecule has 1 saturated carbocycles. The third kappa shape index (κ3) is 4.44. The van der Waals surface area contributed by atoms with Gasteiger partial charge in [-0.3, -0.25) is 5.10 Å². The van der Waals surface area contributed by atoms with Gasteiger partial charge in [-0.1, -0.05) is 6.92 Å². The van der Waals surface area contributed by atoms with Crippen molar-refractivity contribution in [1.82, 2.24) is 25.5 Å². The molecule has 4 rings (SSSR count). The maximum absolute atomic E-state index is 11.3. The van der Waals surface area contributed by atoms with Crippen LogP contribution in [0.4, 0.5) is 22.4 Å². The summed E-state index contributed by atoms with van der Waals surface area (Å²) in [7, 11) is 0. The second kappa shape index (κ2) is 7.88. The van der Waals surface area contributed by atoms with E-state index in [1.54, 1.807) is 6.20 Å². The van der Waals surface area contributed by atoms with Crippen LogP contribution in [0.3, 0.4) is 0 Å². The minimum Gasteiger partial charge on any atom is -0.465 e. The number of hydrogen-bond donors (Lipinski definition) is 4. The summed E-state index contributed by atoms with van der Waals surface area (Å²) >= 11 is 0. The largest absolute Gasteiger partial charge is 0.465 e. The highest BCUT2D eigenvalue weighted by Gasteiger charge is 2.37. The van der Waals surface area contributed by atoms with Crippen molar-refractivity contribution < 1.29 is 9.90 Å². The van der Waals surface area contributed by atoms with Crippen molar-refractivity contribution in [3.05, 3.63) is 24.0 Å². The Labute approximate surface area is 170 Å². The fraction of sp³-hybridized carbons (Fsp3) is 0.600. The molecule has 4 N–H and O–H groups in total. The topological polar surface area (TPSA) is 119 Å². The Morgan fingerprint density at radius 2 is 2.21 bits per heavy atom. The molecule has 3 heterocycles. The third-order valence-electron chi connectivity index (χ3n) is 6.25. The lowest BCUT2D eigenvalue weighted by Gasteiger charge is -2.43. The highest BCUT2D eigenvalue weighted by atomic mass is 16.4. The SMILES string of the molecule is CCC(C)(NC(=O)O)C1CCCN(c2nccc(Nc3cc(C4CC4)[nH]n3)n2)C1. The van der Waals surface area contributed by atoms with E-state index in [2.05, 4.69) is 35.7 Å². The summed E-state index contributed by atoms with van der Waals surface area (Å²) in [5.41, 5.74) is 0.708. The van der Waals surface area contributed by atoms with Crippen molar-refractivity contribution in [2.45, 2.75) is 57.4 Å². The molecule has 2 unspecified atom stereocenters. The smallest absolute Gasteiger partial charge is 0.405 e. The molecule has 9 nitrogen and oxygen atoms in total. The van der Waals surface area contributed by atoms with Gasteiger partial charge in [0.25, 0.3) is 0 Å². The monoisotopic (exact) mass is 399 g/mol. The van der Waals surface area contributed by atoms with Crippen molar-refractivity contribution >= 4 is 23.7 Å². The number of aromatic amines is 1. The Morgan fingerprint density at radius 3 is 2.93 bits per heavy atom. The molecule has 29 heavy (non-hydrogen) atoms. The molecule has 1 aliphatic carbocycles. The Bertz CT molecular complexity index is 866. The van der Waals surface area contributed by atoms with Gasteiger partial charge in [0.1, 0.15) is 5.82 Å². The van der Waals surface area contributed by atoms with Gasteiger partial charge in [-0.15, -0.1) is 0 Å². The molecule has 2 aromatic heterocycles. The van der Waals surface area contributed by atoms with Crippen LogP contribution in [-0.2, 0) is 0 Å². The lowest BCUT2D eigenvalue weighted by Crippen LogP contribution is -2.55. The van der Waals surface area contributed by atoms with Crippen molar-refractivity contribution in [1.29, 1.82) is 0 Å². The summed E-state index contributed by atoms with van der Waals surface area (Å²) in [5.74, 6) is 2.94. The summed E-state index contributed by atoms with van der Waals surface area (Å²) in [6.07, 6.45) is 5.92. The normalized spacial score (nSPS) is 21.4. The van der Waals surface area contributed by atoms with Crippen molar-refractivity contribution in [2.75, 3.05) is 23.3 Å². The van der Waals surface area contributed by atoms with Crippen molar-refractivity contribution in [3.8, 4) is 0 Å². The predicted molar refractivity (Wildman–Crippen MR) is 111 cm³/mol. The number of H-pyrrole nitrogens is 1. The van der Waals surface area contributed by atoms with Crippen LogP contribution in [0.1, 0.15) is 57.6 Å². The molecule has 1 aliphatic heterocycles. The minimum absolute atomic E-state index is 0.199. The Kier molecular flexibility index (Phi) is 5.29. The van der Waals surface area contributed by atoms with Crippen molar-refractivity contribution in [2.24, 2.45) is 5.92 Å². The molecule has 2 atom stereocenters. The van der Waals surface area contributed by atoms with Crippen LogP contribution in [0, 0.1) is 5.92 Å². The molecule has 0 aromatic carbocycles. The van der Waals surface area contributed by atoms with Crippen molar-refractivity contribution in [3.63, 3.8) is 0 Å². The molecule has 1 saturated heterocycles. The summed E-state index contributed by atoms with van der Waals surface area (Å²) < 4.78 is 0. The number of nitrogens with one attached hydrogen (secondary N) is 3. The molecular formula is C20H29N7O2. The number of nitrogens with zero attached hydrogens (tertiary/aromatic N) is 4. The van der Waals surface area contributed by atoms with Gasteiger partial charge in [0.15, 0.2) is 5.82 Å². The van der Waals surface area contributed by atoms with Crippen LogP contribution in [0.15, 0.2) is 18.3 Å². The highest BCUT2D eigenvalue weighted by molar-refractivity contribution is 5.65. The Hall–Kier alpha value is -2.84. The molecule has 2 aliphatic rings. The highest BCUT2D eigenvalue weighted by Crippen LogP contribution is 2.39. The van der Waals surface area contributed by atoms with Crippen LogP contribution >= 0.6 is 0 Å². The van der Waals surface area contributed by atoms with E-state index < -0.39 is 11.6 Å². The number of piperidine rings is 1. The van der Waals surface area contributed by atoms with E-state index >= 15 is 0 Å². The first-order valence-electron chi connectivity index (χ1n) is 10.4. The molecule has 0 radical (unpaired) electrons. The average Bonchev–Trinajstić information content (AvgIpc) is 3.47. The van der Waals surface area contributed by atoms with E-state index in [0.717, 1.165) is 38.2 Å². The molecule has 2 aromatic rings. The maximum atomic E-state index is 11.3. The molecule has 2 fully saturated rings. The van der Waals surface area contributed by atoms with Crippen LogP contribution in [0.5, 0.6) is 0 Å². The maximum Gasteiger partial charge on any atom is 0.405 e. The average molecular weight is 399 g/mol. The Balaban J connectivity index is 1.46. The zero-order chi connectivity index (χ0) is 20.4. The number of carbonyl (C=O) groups is 1. The van der Waals surface area contributed by atoms with Gasteiger partial charge in [0, 0.05) is 42.5 Å². The molecular weight excluding hydrogens is 370 g/mol. The molecule has 9 heteroatoms. The van der Waals surface area contributed by atoms with E-state index in [4.69, 9.17) is 0 Å². The number of rotatable bonds is 7. The second-order valence-electron chi connectivity index (χ2n) is 8.34. The third-order valence-corrected chi connectivity index (χ3v) is 6.25. The second-order valence-corrected chi connectivity index (χ2v) is 8.34. The van der Waals surface area contributed by atoms with E-state index in [-0.39, 0.29) is 5.92 Å². The van der Waals surface area contributed by atoms with Gasteiger partial charge >= 0.3 is 6.09 Å². The van der Waals surface area contributed by atoms with Crippen LogP contribution < -0.4 is 15.5 Å². The van der Waals surface area contributed by atoms with E-state index in [1.807, 2.05) is 26.0 Å². The number of anilines is 3. The zero-order valence-electron chi connectivity index (χ0n) is 17.0. The van der Waals surface area contributed by atoms with E-state index in [1.165, 1.54) is 18.5 Å². The summed E-state index contributed by atoms with van der Waals surface area (Å²) in [6.45, 7) is 5.60. The lowest BCUT2D eigenvalue weighted by atomic mass is 9.78. The predicted octanol–water partition coefficient (Wildman–Crippen LogP) is 3.47. The molecule has 0 spiro atoms. The number of carboxylic acid groups (broad SMARTS) is 1.